The van der Waals surface area contributed by atoms with Gasteiger partial charge in [-0.05, 0) is 18.6 Å². The molecule has 0 saturated carbocycles. The van der Waals surface area contributed by atoms with Crippen molar-refractivity contribution in [3.63, 3.8) is 0 Å². The van der Waals surface area contributed by atoms with E-state index in [0.29, 0.717) is 16.4 Å². The van der Waals surface area contributed by atoms with Crippen LogP contribution >= 0.6 is 23.2 Å². The van der Waals surface area contributed by atoms with Gasteiger partial charge in [0.05, 0.1) is 21.5 Å². The van der Waals surface area contributed by atoms with Crippen LogP contribution in [0.15, 0.2) is 34.4 Å². The maximum Gasteiger partial charge on any atom is 0.258 e. The Morgan fingerprint density at radius 2 is 2.17 bits per heavy atom. The first-order valence-electron chi connectivity index (χ1n) is 6.56. The van der Waals surface area contributed by atoms with Crippen molar-refractivity contribution < 1.29 is 4.74 Å². The molecule has 0 bridgehead atoms. The van der Waals surface area contributed by atoms with E-state index in [4.69, 9.17) is 33.7 Å². The molecule has 0 radical (unpaired) electrons. The molecule has 1 atom stereocenters. The molecule has 0 saturated heterocycles. The van der Waals surface area contributed by atoms with Gasteiger partial charge >= 0.3 is 0 Å². The Bertz CT molecular complexity index is 943. The van der Waals surface area contributed by atoms with E-state index in [1.165, 1.54) is 0 Å². The number of fused-ring (bicyclic) bond motifs is 1. The highest BCUT2D eigenvalue weighted by atomic mass is 35.5. The number of aromatic nitrogens is 2. The minimum absolute atomic E-state index is 0.0591. The molecule has 1 aromatic carbocycles. The van der Waals surface area contributed by atoms with Crippen LogP contribution in [-0.2, 0) is 0 Å². The van der Waals surface area contributed by atoms with Crippen molar-refractivity contribution in [1.29, 1.82) is 5.26 Å². The second-order valence-corrected chi connectivity index (χ2v) is 5.72. The van der Waals surface area contributed by atoms with Gasteiger partial charge in [0.2, 0.25) is 11.8 Å². The molecule has 0 unspecified atom stereocenters. The summed E-state index contributed by atoms with van der Waals surface area (Å²) in [6.45, 7) is 1.62. The molecule has 3 N–H and O–H groups in total. The molecule has 1 aliphatic rings. The predicted molar refractivity (Wildman–Crippen MR) is 85.4 cm³/mol. The Morgan fingerprint density at radius 1 is 1.43 bits per heavy atom. The van der Waals surface area contributed by atoms with Crippen LogP contribution in [-0.4, -0.2) is 9.97 Å². The minimum atomic E-state index is -0.799. The van der Waals surface area contributed by atoms with E-state index in [1.54, 1.807) is 25.1 Å². The maximum absolute atomic E-state index is 12.4. The molecule has 3 rings (SSSR count). The fourth-order valence-corrected chi connectivity index (χ4v) is 2.94. The second-order valence-electron chi connectivity index (χ2n) is 4.94. The first kappa shape index (κ1) is 15.4. The zero-order chi connectivity index (χ0) is 16.7. The summed E-state index contributed by atoms with van der Waals surface area (Å²) in [6.07, 6.45) is 0. The Labute approximate surface area is 141 Å². The summed E-state index contributed by atoms with van der Waals surface area (Å²) in [7, 11) is 0. The van der Waals surface area contributed by atoms with Crippen molar-refractivity contribution in [2.45, 2.75) is 12.8 Å². The standard InChI is InChI=1S/C15H10Cl2N4O2/c1-6-20-14(22)11-10(7-3-2-4-9(16)12(7)17)8(5-18)13(19)23-15(11)21-6/h2-4,10H,19H2,1H3,(H,20,21,22)/t10-/m0/s1. The van der Waals surface area contributed by atoms with Gasteiger partial charge in [0.1, 0.15) is 17.5 Å². The van der Waals surface area contributed by atoms with Gasteiger partial charge < -0.3 is 15.5 Å². The highest BCUT2D eigenvalue weighted by molar-refractivity contribution is 6.42. The van der Waals surface area contributed by atoms with Crippen molar-refractivity contribution in [1.82, 2.24) is 9.97 Å². The number of benzene rings is 1. The lowest BCUT2D eigenvalue weighted by Gasteiger charge is -2.25. The van der Waals surface area contributed by atoms with E-state index in [9.17, 15) is 10.1 Å². The number of aromatic amines is 1. The number of nitrogens with one attached hydrogen (secondary N) is 1. The van der Waals surface area contributed by atoms with Crippen LogP contribution in [0.4, 0.5) is 0 Å². The Hall–Kier alpha value is -2.49. The molecule has 0 spiro atoms. The summed E-state index contributed by atoms with van der Waals surface area (Å²) >= 11 is 12.3. The highest BCUT2D eigenvalue weighted by Gasteiger charge is 2.35. The van der Waals surface area contributed by atoms with Gasteiger partial charge in [-0.15, -0.1) is 0 Å². The molecule has 0 fully saturated rings. The van der Waals surface area contributed by atoms with Crippen LogP contribution in [0.25, 0.3) is 0 Å². The van der Waals surface area contributed by atoms with Crippen LogP contribution in [0.3, 0.4) is 0 Å². The van der Waals surface area contributed by atoms with Gasteiger partial charge in [-0.25, -0.2) is 0 Å². The lowest BCUT2D eigenvalue weighted by Crippen LogP contribution is -2.29. The number of nitriles is 1. The first-order chi connectivity index (χ1) is 10.9. The van der Waals surface area contributed by atoms with Gasteiger partial charge in [0.25, 0.3) is 5.56 Å². The van der Waals surface area contributed by atoms with E-state index < -0.39 is 11.5 Å². The molecule has 0 amide bonds. The molecule has 23 heavy (non-hydrogen) atoms. The first-order valence-corrected chi connectivity index (χ1v) is 7.32. The SMILES string of the molecule is Cc1nc2c(c(=O)[nH]1)[C@@H](c1cccc(Cl)c1Cl)C(C#N)=C(N)O2. The van der Waals surface area contributed by atoms with Gasteiger partial charge in [-0.3, -0.25) is 4.79 Å². The number of halogens is 2. The zero-order valence-corrected chi connectivity index (χ0v) is 13.4. The van der Waals surface area contributed by atoms with Gasteiger partial charge in [0, 0.05) is 0 Å². The van der Waals surface area contributed by atoms with E-state index in [-0.39, 0.29) is 27.9 Å². The van der Waals surface area contributed by atoms with E-state index in [0.717, 1.165) is 0 Å². The van der Waals surface area contributed by atoms with Crippen LogP contribution in [0, 0.1) is 18.3 Å². The summed E-state index contributed by atoms with van der Waals surface area (Å²) in [6, 6.07) is 6.95. The van der Waals surface area contributed by atoms with E-state index in [1.807, 2.05) is 6.07 Å². The number of H-pyrrole nitrogens is 1. The fraction of sp³-hybridized carbons (Fsp3) is 0.133. The number of ether oxygens (including phenoxy) is 1. The Kier molecular flexibility index (Phi) is 3.76. The summed E-state index contributed by atoms with van der Waals surface area (Å²) in [4.78, 5) is 19.1. The molecule has 2 aromatic rings. The van der Waals surface area contributed by atoms with E-state index >= 15 is 0 Å². The summed E-state index contributed by atoms with van der Waals surface area (Å²) in [5.74, 6) is -0.480. The molecule has 2 heterocycles. The second kappa shape index (κ2) is 5.61. The lowest BCUT2D eigenvalue weighted by molar-refractivity contribution is 0.373. The number of rotatable bonds is 1. The Morgan fingerprint density at radius 3 is 2.87 bits per heavy atom. The lowest BCUT2D eigenvalue weighted by atomic mass is 9.85. The molecule has 8 heteroatoms. The normalized spacial score (nSPS) is 16.5. The number of nitrogens with zero attached hydrogens (tertiary/aromatic N) is 2. The predicted octanol–water partition coefficient (Wildman–Crippen LogP) is 2.60. The van der Waals surface area contributed by atoms with Crippen LogP contribution in [0.1, 0.15) is 22.9 Å². The average Bonchev–Trinajstić information content (AvgIpc) is 2.48. The van der Waals surface area contributed by atoms with Gasteiger partial charge in [0.15, 0.2) is 0 Å². The van der Waals surface area contributed by atoms with Crippen molar-refractivity contribution in [2.24, 2.45) is 5.73 Å². The zero-order valence-electron chi connectivity index (χ0n) is 11.9. The molecule has 116 valence electrons. The van der Waals surface area contributed by atoms with Crippen LogP contribution in [0.2, 0.25) is 10.0 Å². The minimum Gasteiger partial charge on any atom is -0.422 e. The van der Waals surface area contributed by atoms with Crippen molar-refractivity contribution in [3.8, 4) is 11.9 Å². The summed E-state index contributed by atoms with van der Waals surface area (Å²) in [5, 5.41) is 10.0. The van der Waals surface area contributed by atoms with Crippen LogP contribution < -0.4 is 16.0 Å². The number of allylic oxidation sites excluding steroid dienone is 1. The molecular weight excluding hydrogens is 339 g/mol. The number of aryl methyl sites for hydroxylation is 1. The van der Waals surface area contributed by atoms with Crippen molar-refractivity contribution in [2.75, 3.05) is 0 Å². The Balaban J connectivity index is 2.37. The molecule has 1 aliphatic heterocycles. The molecule has 6 nitrogen and oxygen atoms in total. The molecular formula is C15H10Cl2N4O2. The number of nitrogens with two attached hydrogens (primary N) is 1. The summed E-state index contributed by atoms with van der Waals surface area (Å²) < 4.78 is 5.35. The number of hydrogen-bond acceptors (Lipinski definition) is 5. The van der Waals surface area contributed by atoms with Gasteiger partial charge in [-0.2, -0.15) is 10.2 Å². The van der Waals surface area contributed by atoms with Gasteiger partial charge in [-0.1, -0.05) is 35.3 Å². The van der Waals surface area contributed by atoms with Crippen LogP contribution in [0.5, 0.6) is 5.88 Å². The fourth-order valence-electron chi connectivity index (χ4n) is 2.52. The third kappa shape index (κ3) is 2.44. The van der Waals surface area contributed by atoms with E-state index in [2.05, 4.69) is 9.97 Å². The monoisotopic (exact) mass is 348 g/mol. The van der Waals surface area contributed by atoms with Crippen molar-refractivity contribution in [3.05, 3.63) is 67.0 Å². The number of hydrogen-bond donors (Lipinski definition) is 2. The third-order valence-corrected chi connectivity index (χ3v) is 4.33. The average molecular weight is 349 g/mol. The largest absolute Gasteiger partial charge is 0.422 e. The van der Waals surface area contributed by atoms with Crippen molar-refractivity contribution >= 4 is 23.2 Å². The topological polar surface area (TPSA) is 105 Å². The highest BCUT2D eigenvalue weighted by Crippen LogP contribution is 2.43. The maximum atomic E-state index is 12.4. The smallest absolute Gasteiger partial charge is 0.258 e. The molecule has 1 aromatic heterocycles. The summed E-state index contributed by atoms with van der Waals surface area (Å²) in [5.41, 5.74) is 6.14. The third-order valence-electron chi connectivity index (χ3n) is 3.50. The quantitative estimate of drug-likeness (QED) is 0.823. The molecule has 0 aliphatic carbocycles.